The lowest BCUT2D eigenvalue weighted by molar-refractivity contribution is 0.0521. The molecule has 1 aromatic rings. The Morgan fingerprint density at radius 1 is 1.50 bits per heavy atom. The Morgan fingerprint density at radius 2 is 2.20 bits per heavy atom. The van der Waals surface area contributed by atoms with Crippen molar-refractivity contribution in [1.82, 2.24) is 9.55 Å². The number of nitrogens with zero attached hydrogens (tertiary/aromatic N) is 2. The van der Waals surface area contributed by atoms with E-state index in [4.69, 9.17) is 10.5 Å². The second kappa shape index (κ2) is 5.46. The van der Waals surface area contributed by atoms with E-state index in [9.17, 15) is 4.79 Å². The zero-order valence-corrected chi connectivity index (χ0v) is 12.9. The standard InChI is InChI=1S/C15H25N3O2/c1-5-11-17-12(14(19)20-6-2)13(16)18(11)10-7-8-15(3,4)9-10/h10H,5-9,16H2,1-4H3. The van der Waals surface area contributed by atoms with Crippen LogP contribution in [0, 0.1) is 5.41 Å². The molecule has 1 aliphatic rings. The lowest BCUT2D eigenvalue weighted by atomic mass is 9.92. The predicted octanol–water partition coefficient (Wildman–Crippen LogP) is 2.96. The molecule has 0 spiro atoms. The fourth-order valence-electron chi connectivity index (χ4n) is 3.12. The molecule has 1 aliphatic carbocycles. The summed E-state index contributed by atoms with van der Waals surface area (Å²) >= 11 is 0. The predicted molar refractivity (Wildman–Crippen MR) is 78.6 cm³/mol. The van der Waals surface area contributed by atoms with Crippen molar-refractivity contribution in [1.29, 1.82) is 0 Å². The molecule has 0 radical (unpaired) electrons. The molecule has 112 valence electrons. The van der Waals surface area contributed by atoms with E-state index in [0.717, 1.165) is 25.1 Å². The van der Waals surface area contributed by atoms with Crippen molar-refractivity contribution in [2.75, 3.05) is 12.3 Å². The van der Waals surface area contributed by atoms with Gasteiger partial charge < -0.3 is 15.0 Å². The molecule has 0 aliphatic heterocycles. The maximum atomic E-state index is 11.9. The monoisotopic (exact) mass is 279 g/mol. The average Bonchev–Trinajstić information content (AvgIpc) is 2.89. The first-order chi connectivity index (χ1) is 9.39. The topological polar surface area (TPSA) is 70.1 Å². The van der Waals surface area contributed by atoms with Crippen LogP contribution in [0.3, 0.4) is 0 Å². The molecule has 1 unspecified atom stereocenters. The summed E-state index contributed by atoms with van der Waals surface area (Å²) in [7, 11) is 0. The van der Waals surface area contributed by atoms with Gasteiger partial charge in [0.05, 0.1) is 6.61 Å². The van der Waals surface area contributed by atoms with E-state index >= 15 is 0 Å². The van der Waals surface area contributed by atoms with E-state index in [1.165, 1.54) is 6.42 Å². The number of rotatable bonds is 4. The van der Waals surface area contributed by atoms with Gasteiger partial charge in [-0.2, -0.15) is 0 Å². The van der Waals surface area contributed by atoms with Crippen LogP contribution >= 0.6 is 0 Å². The Kier molecular flexibility index (Phi) is 4.06. The zero-order valence-electron chi connectivity index (χ0n) is 12.9. The van der Waals surface area contributed by atoms with Crippen LogP contribution in [0.2, 0.25) is 0 Å². The zero-order chi connectivity index (χ0) is 14.9. The molecular weight excluding hydrogens is 254 g/mol. The Hall–Kier alpha value is -1.52. The molecule has 2 N–H and O–H groups in total. The van der Waals surface area contributed by atoms with Crippen molar-refractivity contribution < 1.29 is 9.53 Å². The van der Waals surface area contributed by atoms with Crippen LogP contribution in [0.15, 0.2) is 0 Å². The van der Waals surface area contributed by atoms with Gasteiger partial charge in [-0.05, 0) is 31.6 Å². The number of carbonyl (C=O) groups is 1. The molecule has 0 aromatic carbocycles. The summed E-state index contributed by atoms with van der Waals surface area (Å²) in [6.45, 7) is 8.71. The van der Waals surface area contributed by atoms with Crippen molar-refractivity contribution in [3.05, 3.63) is 11.5 Å². The van der Waals surface area contributed by atoms with Gasteiger partial charge in [0.1, 0.15) is 11.6 Å². The number of imidazole rings is 1. The third-order valence-electron chi connectivity index (χ3n) is 4.11. The Balaban J connectivity index is 2.35. The van der Waals surface area contributed by atoms with Crippen LogP contribution in [0.5, 0.6) is 0 Å². The van der Waals surface area contributed by atoms with Gasteiger partial charge in [0, 0.05) is 12.5 Å². The molecule has 2 rings (SSSR count). The minimum atomic E-state index is -0.421. The number of hydrogen-bond acceptors (Lipinski definition) is 4. The Bertz CT molecular complexity index is 505. The van der Waals surface area contributed by atoms with Crippen molar-refractivity contribution in [2.24, 2.45) is 5.41 Å². The Morgan fingerprint density at radius 3 is 2.70 bits per heavy atom. The number of anilines is 1. The van der Waals surface area contributed by atoms with Crippen molar-refractivity contribution >= 4 is 11.8 Å². The number of esters is 1. The largest absolute Gasteiger partial charge is 0.461 e. The third kappa shape index (κ3) is 2.67. The first kappa shape index (κ1) is 14.9. The lowest BCUT2D eigenvalue weighted by Gasteiger charge is -2.20. The summed E-state index contributed by atoms with van der Waals surface area (Å²) in [5.74, 6) is 0.923. The van der Waals surface area contributed by atoms with Crippen molar-refractivity contribution in [2.45, 2.75) is 59.4 Å². The van der Waals surface area contributed by atoms with Crippen LogP contribution in [0.4, 0.5) is 5.82 Å². The molecule has 5 heteroatoms. The number of hydrogen-bond donors (Lipinski definition) is 1. The van der Waals surface area contributed by atoms with E-state index in [1.807, 2.05) is 6.92 Å². The second-order valence-corrected chi connectivity index (χ2v) is 6.27. The summed E-state index contributed by atoms with van der Waals surface area (Å²) in [6, 6.07) is 0.343. The molecule has 1 fully saturated rings. The van der Waals surface area contributed by atoms with E-state index in [1.54, 1.807) is 6.92 Å². The van der Waals surface area contributed by atoms with E-state index in [-0.39, 0.29) is 5.69 Å². The highest BCUT2D eigenvalue weighted by atomic mass is 16.5. The number of ether oxygens (including phenoxy) is 1. The molecule has 5 nitrogen and oxygen atoms in total. The van der Waals surface area contributed by atoms with Crippen LogP contribution in [0.1, 0.15) is 69.3 Å². The second-order valence-electron chi connectivity index (χ2n) is 6.27. The highest BCUT2D eigenvalue weighted by Gasteiger charge is 2.35. The van der Waals surface area contributed by atoms with Gasteiger partial charge in [-0.15, -0.1) is 0 Å². The van der Waals surface area contributed by atoms with Gasteiger partial charge in [-0.3, -0.25) is 0 Å². The minimum Gasteiger partial charge on any atom is -0.461 e. The fourth-order valence-corrected chi connectivity index (χ4v) is 3.12. The third-order valence-corrected chi connectivity index (χ3v) is 4.11. The van der Waals surface area contributed by atoms with Crippen LogP contribution < -0.4 is 5.73 Å². The number of nitrogens with two attached hydrogens (primary N) is 1. The maximum Gasteiger partial charge on any atom is 0.360 e. The SMILES string of the molecule is CCOC(=O)c1nc(CC)n(C2CCC(C)(C)C2)c1N. The molecule has 20 heavy (non-hydrogen) atoms. The molecular formula is C15H25N3O2. The number of nitrogen functional groups attached to an aromatic ring is 1. The molecule has 0 saturated heterocycles. The quantitative estimate of drug-likeness (QED) is 0.860. The van der Waals surface area contributed by atoms with Crippen LogP contribution in [-0.2, 0) is 11.2 Å². The molecule has 1 atom stereocenters. The molecule has 1 saturated carbocycles. The summed E-state index contributed by atoms with van der Waals surface area (Å²) in [5, 5.41) is 0. The van der Waals surface area contributed by atoms with Crippen LogP contribution in [-0.4, -0.2) is 22.1 Å². The van der Waals surface area contributed by atoms with Gasteiger partial charge in [0.15, 0.2) is 5.69 Å². The highest BCUT2D eigenvalue weighted by Crippen LogP contribution is 2.45. The highest BCUT2D eigenvalue weighted by molar-refractivity contribution is 5.92. The molecule has 1 aromatic heterocycles. The molecule has 0 amide bonds. The van der Waals surface area contributed by atoms with E-state index < -0.39 is 5.97 Å². The summed E-state index contributed by atoms with van der Waals surface area (Å²) < 4.78 is 7.09. The normalized spacial score (nSPS) is 21.1. The van der Waals surface area contributed by atoms with Gasteiger partial charge in [-0.1, -0.05) is 20.8 Å². The van der Waals surface area contributed by atoms with Crippen molar-refractivity contribution in [3.63, 3.8) is 0 Å². The Labute approximate surface area is 120 Å². The summed E-state index contributed by atoms with van der Waals surface area (Å²) in [5.41, 5.74) is 6.78. The molecule has 1 heterocycles. The van der Waals surface area contributed by atoms with Gasteiger partial charge in [0.2, 0.25) is 0 Å². The van der Waals surface area contributed by atoms with E-state index in [0.29, 0.717) is 23.9 Å². The van der Waals surface area contributed by atoms with Gasteiger partial charge >= 0.3 is 5.97 Å². The van der Waals surface area contributed by atoms with Gasteiger partial charge in [0.25, 0.3) is 0 Å². The summed E-state index contributed by atoms with van der Waals surface area (Å²) in [4.78, 5) is 16.3. The molecule has 0 bridgehead atoms. The number of aromatic nitrogens is 2. The van der Waals surface area contributed by atoms with Gasteiger partial charge in [-0.25, -0.2) is 9.78 Å². The van der Waals surface area contributed by atoms with Crippen molar-refractivity contribution in [3.8, 4) is 0 Å². The number of carbonyl (C=O) groups excluding carboxylic acids is 1. The fraction of sp³-hybridized carbons (Fsp3) is 0.733. The lowest BCUT2D eigenvalue weighted by Crippen LogP contribution is -2.15. The first-order valence-corrected chi connectivity index (χ1v) is 7.43. The smallest absolute Gasteiger partial charge is 0.360 e. The van der Waals surface area contributed by atoms with E-state index in [2.05, 4.69) is 23.4 Å². The van der Waals surface area contributed by atoms with Crippen LogP contribution in [0.25, 0.3) is 0 Å². The average molecular weight is 279 g/mol. The minimum absolute atomic E-state index is 0.272. The maximum absolute atomic E-state index is 11.9. The summed E-state index contributed by atoms with van der Waals surface area (Å²) in [6.07, 6.45) is 4.10. The number of aryl methyl sites for hydroxylation is 1. The first-order valence-electron chi connectivity index (χ1n) is 7.43.